The highest BCUT2D eigenvalue weighted by atomic mass is 35.5. The van der Waals surface area contributed by atoms with Crippen LogP contribution < -0.4 is 0 Å². The van der Waals surface area contributed by atoms with Gasteiger partial charge >= 0.3 is 5.97 Å². The van der Waals surface area contributed by atoms with Gasteiger partial charge in [0.15, 0.2) is 0 Å². The van der Waals surface area contributed by atoms with Gasteiger partial charge in [-0.15, -0.1) is 0 Å². The van der Waals surface area contributed by atoms with Crippen molar-refractivity contribution in [1.82, 2.24) is 4.90 Å². The van der Waals surface area contributed by atoms with Gasteiger partial charge in [0.25, 0.3) is 0 Å². The molecule has 0 aromatic heterocycles. The minimum Gasteiger partial charge on any atom is -0.480 e. The summed E-state index contributed by atoms with van der Waals surface area (Å²) in [5, 5.41) is 9.68. The predicted molar refractivity (Wildman–Crippen MR) is 74.0 cm³/mol. The molecule has 0 saturated carbocycles. The Bertz CT molecular complexity index is 395. The summed E-state index contributed by atoms with van der Waals surface area (Å²) in [5.41, 5.74) is 1.08. The summed E-state index contributed by atoms with van der Waals surface area (Å²) in [6.45, 7) is 4.96. The molecule has 0 heterocycles. The molecule has 1 unspecified atom stereocenters. The zero-order valence-electron chi connectivity index (χ0n) is 10.9. The lowest BCUT2D eigenvalue weighted by atomic mass is 10.0. The van der Waals surface area contributed by atoms with E-state index < -0.39 is 5.97 Å². The number of rotatable bonds is 7. The smallest absolute Gasteiger partial charge is 0.317 e. The van der Waals surface area contributed by atoms with Crippen LogP contribution in [0.3, 0.4) is 0 Å². The first-order chi connectivity index (χ1) is 8.58. The van der Waals surface area contributed by atoms with E-state index in [2.05, 4.69) is 13.8 Å². The second-order valence-electron chi connectivity index (χ2n) is 4.34. The summed E-state index contributed by atoms with van der Waals surface area (Å²) in [4.78, 5) is 12.9. The largest absolute Gasteiger partial charge is 0.480 e. The van der Waals surface area contributed by atoms with Crippen molar-refractivity contribution in [3.05, 3.63) is 34.9 Å². The normalized spacial score (nSPS) is 12.7. The highest BCUT2D eigenvalue weighted by Crippen LogP contribution is 2.26. The Balaban J connectivity index is 2.93. The van der Waals surface area contributed by atoms with E-state index in [1.54, 1.807) is 0 Å². The van der Waals surface area contributed by atoms with Crippen molar-refractivity contribution < 1.29 is 9.90 Å². The van der Waals surface area contributed by atoms with Crippen molar-refractivity contribution in [2.75, 3.05) is 13.1 Å². The van der Waals surface area contributed by atoms with Crippen molar-refractivity contribution in [2.45, 2.75) is 32.7 Å². The zero-order chi connectivity index (χ0) is 13.5. The molecule has 4 heteroatoms. The molecule has 0 amide bonds. The van der Waals surface area contributed by atoms with Crippen molar-refractivity contribution in [3.63, 3.8) is 0 Å². The van der Waals surface area contributed by atoms with Gasteiger partial charge in [0.2, 0.25) is 0 Å². The summed E-state index contributed by atoms with van der Waals surface area (Å²) < 4.78 is 0. The first kappa shape index (κ1) is 15.0. The molecule has 0 aliphatic heterocycles. The molecule has 0 aliphatic carbocycles. The van der Waals surface area contributed by atoms with Crippen LogP contribution in [0, 0.1) is 0 Å². The van der Waals surface area contributed by atoms with Gasteiger partial charge < -0.3 is 5.11 Å². The highest BCUT2D eigenvalue weighted by molar-refractivity contribution is 6.30. The van der Waals surface area contributed by atoms with Crippen LogP contribution in [0.1, 0.15) is 38.3 Å². The van der Waals surface area contributed by atoms with Gasteiger partial charge in [-0.05, 0) is 37.1 Å². The number of benzene rings is 1. The third kappa shape index (κ3) is 4.31. The van der Waals surface area contributed by atoms with Crippen molar-refractivity contribution in [2.24, 2.45) is 0 Å². The van der Waals surface area contributed by atoms with Crippen molar-refractivity contribution in [1.29, 1.82) is 0 Å². The number of nitrogens with zero attached hydrogens (tertiary/aromatic N) is 1. The van der Waals surface area contributed by atoms with Gasteiger partial charge in [0, 0.05) is 11.1 Å². The molecule has 0 radical (unpaired) electrons. The molecule has 1 aromatic rings. The minimum absolute atomic E-state index is 0.0683. The molecule has 1 atom stereocenters. The first-order valence-corrected chi connectivity index (χ1v) is 6.67. The first-order valence-electron chi connectivity index (χ1n) is 6.29. The number of hydrogen-bond acceptors (Lipinski definition) is 2. The van der Waals surface area contributed by atoms with E-state index in [4.69, 9.17) is 16.7 Å². The summed E-state index contributed by atoms with van der Waals surface area (Å²) in [7, 11) is 0. The summed E-state index contributed by atoms with van der Waals surface area (Å²) in [6, 6.07) is 7.77. The Hall–Kier alpha value is -1.06. The van der Waals surface area contributed by atoms with E-state index in [-0.39, 0.29) is 12.6 Å². The van der Waals surface area contributed by atoms with E-state index in [0.717, 1.165) is 24.9 Å². The van der Waals surface area contributed by atoms with Crippen LogP contribution in [0.15, 0.2) is 24.3 Å². The van der Waals surface area contributed by atoms with Crippen LogP contribution in [-0.2, 0) is 4.79 Å². The maximum atomic E-state index is 10.9. The van der Waals surface area contributed by atoms with Gasteiger partial charge in [-0.1, -0.05) is 37.6 Å². The molecular weight excluding hydrogens is 250 g/mol. The van der Waals surface area contributed by atoms with E-state index in [1.165, 1.54) is 0 Å². The molecule has 0 fully saturated rings. The molecule has 0 spiro atoms. The van der Waals surface area contributed by atoms with Gasteiger partial charge in [0.1, 0.15) is 0 Å². The Kier molecular flexibility index (Phi) is 6.16. The molecule has 0 bridgehead atoms. The number of hydrogen-bond donors (Lipinski definition) is 1. The number of aliphatic carboxylic acids is 1. The van der Waals surface area contributed by atoms with Crippen LogP contribution >= 0.6 is 11.6 Å². The fourth-order valence-corrected chi connectivity index (χ4v) is 2.42. The average molecular weight is 270 g/mol. The maximum absolute atomic E-state index is 10.9. The molecule has 1 N–H and O–H groups in total. The lowest BCUT2D eigenvalue weighted by Crippen LogP contribution is -2.34. The third-order valence-corrected chi connectivity index (χ3v) is 3.15. The predicted octanol–water partition coefficient (Wildman–Crippen LogP) is 3.59. The van der Waals surface area contributed by atoms with Gasteiger partial charge in [0.05, 0.1) is 6.54 Å². The summed E-state index contributed by atoms with van der Waals surface area (Å²) >= 11 is 6.00. The fourth-order valence-electron chi connectivity index (χ4n) is 2.22. The highest BCUT2D eigenvalue weighted by Gasteiger charge is 2.20. The molecular formula is C14H20ClNO2. The van der Waals surface area contributed by atoms with E-state index in [9.17, 15) is 4.79 Å². The number of carboxylic acid groups (broad SMARTS) is 1. The Morgan fingerprint density at radius 2 is 2.17 bits per heavy atom. The quantitative estimate of drug-likeness (QED) is 0.822. The molecule has 0 aliphatic rings. The number of carbonyl (C=O) groups is 1. The Morgan fingerprint density at radius 1 is 1.44 bits per heavy atom. The topological polar surface area (TPSA) is 40.5 Å². The van der Waals surface area contributed by atoms with E-state index in [0.29, 0.717) is 5.02 Å². The SMILES string of the molecule is CCCN(CC(=O)O)C(CC)c1cccc(Cl)c1. The second kappa shape index (κ2) is 7.39. The van der Waals surface area contributed by atoms with Gasteiger partial charge in [-0.2, -0.15) is 0 Å². The molecule has 100 valence electrons. The number of carboxylic acids is 1. The maximum Gasteiger partial charge on any atom is 0.317 e. The molecule has 3 nitrogen and oxygen atoms in total. The van der Waals surface area contributed by atoms with Crippen LogP contribution in [0.4, 0.5) is 0 Å². The fraction of sp³-hybridized carbons (Fsp3) is 0.500. The molecule has 0 saturated heterocycles. The summed E-state index contributed by atoms with van der Waals surface area (Å²) in [5.74, 6) is -0.788. The Labute approximate surface area is 113 Å². The van der Waals surface area contributed by atoms with Crippen LogP contribution in [0.25, 0.3) is 0 Å². The van der Waals surface area contributed by atoms with E-state index in [1.807, 2.05) is 29.2 Å². The zero-order valence-corrected chi connectivity index (χ0v) is 11.7. The summed E-state index contributed by atoms with van der Waals surface area (Å²) in [6.07, 6.45) is 1.80. The van der Waals surface area contributed by atoms with Crippen molar-refractivity contribution >= 4 is 17.6 Å². The minimum atomic E-state index is -0.788. The lowest BCUT2D eigenvalue weighted by molar-refractivity contribution is -0.139. The third-order valence-electron chi connectivity index (χ3n) is 2.91. The average Bonchev–Trinajstić information content (AvgIpc) is 2.29. The standard InChI is InChI=1S/C14H20ClNO2/c1-3-8-16(10-14(17)18)13(4-2)11-6-5-7-12(15)9-11/h5-7,9,13H,3-4,8,10H2,1-2H3,(H,17,18). The van der Waals surface area contributed by atoms with E-state index >= 15 is 0 Å². The number of halogens is 1. The second-order valence-corrected chi connectivity index (χ2v) is 4.78. The Morgan fingerprint density at radius 3 is 2.67 bits per heavy atom. The molecule has 1 aromatic carbocycles. The monoisotopic (exact) mass is 269 g/mol. The van der Waals surface area contributed by atoms with Crippen LogP contribution in [0.5, 0.6) is 0 Å². The molecule has 1 rings (SSSR count). The van der Waals surface area contributed by atoms with Crippen molar-refractivity contribution in [3.8, 4) is 0 Å². The van der Waals surface area contributed by atoms with Crippen LogP contribution in [-0.4, -0.2) is 29.1 Å². The van der Waals surface area contributed by atoms with Crippen LogP contribution in [0.2, 0.25) is 5.02 Å². The molecule has 18 heavy (non-hydrogen) atoms. The van der Waals surface area contributed by atoms with Gasteiger partial charge in [-0.25, -0.2) is 0 Å². The lowest BCUT2D eigenvalue weighted by Gasteiger charge is -2.29. The van der Waals surface area contributed by atoms with Gasteiger partial charge in [-0.3, -0.25) is 9.69 Å².